The number of benzene rings is 1. The topological polar surface area (TPSA) is 35.5 Å². The smallest absolute Gasteiger partial charge is 0.0446 e. The van der Waals surface area contributed by atoms with Crippen molar-refractivity contribution in [2.24, 2.45) is 0 Å². The summed E-state index contributed by atoms with van der Waals surface area (Å²) < 4.78 is 0. The van der Waals surface area contributed by atoms with E-state index in [1.54, 1.807) is 0 Å². The second kappa shape index (κ2) is 6.40. The summed E-state index contributed by atoms with van der Waals surface area (Å²) in [6, 6.07) is 7.46. The molecule has 1 aliphatic rings. The van der Waals surface area contributed by atoms with Crippen LogP contribution in [0.2, 0.25) is 0 Å². The highest BCUT2D eigenvalue weighted by Gasteiger charge is 2.23. The number of aryl methyl sites for hydroxylation is 1. The van der Waals surface area contributed by atoms with Gasteiger partial charge in [-0.05, 0) is 57.4 Å². The van der Waals surface area contributed by atoms with E-state index >= 15 is 0 Å². The minimum atomic E-state index is 0.257. The van der Waals surface area contributed by atoms with E-state index in [0.717, 1.165) is 25.9 Å². The van der Waals surface area contributed by atoms with Crippen LogP contribution in [0.1, 0.15) is 30.9 Å². The lowest BCUT2D eigenvalue weighted by Crippen LogP contribution is -2.41. The Bertz CT molecular complexity index is 419. The maximum Gasteiger partial charge on any atom is 0.0446 e. The predicted molar refractivity (Wildman–Crippen MR) is 80.8 cm³/mol. The van der Waals surface area contributed by atoms with E-state index in [4.69, 9.17) is 0 Å². The SMILES string of the molecule is Cc1cccc(N2CC(CCO)NCCC2C)c1C. The molecular weight excluding hydrogens is 236 g/mol. The van der Waals surface area contributed by atoms with Gasteiger partial charge in [-0.1, -0.05) is 12.1 Å². The van der Waals surface area contributed by atoms with E-state index in [1.165, 1.54) is 16.8 Å². The third-order valence-electron chi connectivity index (χ3n) is 4.31. The Morgan fingerprint density at radius 2 is 2.16 bits per heavy atom. The maximum atomic E-state index is 9.17. The van der Waals surface area contributed by atoms with Crippen LogP contribution in [0, 0.1) is 13.8 Å². The highest BCUT2D eigenvalue weighted by molar-refractivity contribution is 5.56. The molecular formula is C16H26N2O. The van der Waals surface area contributed by atoms with Gasteiger partial charge in [0.05, 0.1) is 0 Å². The van der Waals surface area contributed by atoms with Gasteiger partial charge < -0.3 is 15.3 Å². The van der Waals surface area contributed by atoms with Crippen molar-refractivity contribution in [1.29, 1.82) is 0 Å². The van der Waals surface area contributed by atoms with Crippen LogP contribution in [0.3, 0.4) is 0 Å². The molecule has 2 N–H and O–H groups in total. The molecule has 1 aromatic rings. The molecule has 0 spiro atoms. The maximum absolute atomic E-state index is 9.17. The Morgan fingerprint density at radius 1 is 1.37 bits per heavy atom. The lowest BCUT2D eigenvalue weighted by molar-refractivity contribution is 0.267. The molecule has 2 atom stereocenters. The third kappa shape index (κ3) is 3.28. The van der Waals surface area contributed by atoms with Gasteiger partial charge in [0, 0.05) is 30.9 Å². The van der Waals surface area contributed by atoms with Gasteiger partial charge in [0.2, 0.25) is 0 Å². The largest absolute Gasteiger partial charge is 0.396 e. The molecule has 1 fully saturated rings. The van der Waals surface area contributed by atoms with Gasteiger partial charge in [0.25, 0.3) is 0 Å². The summed E-state index contributed by atoms with van der Waals surface area (Å²) in [5.41, 5.74) is 4.07. The van der Waals surface area contributed by atoms with Gasteiger partial charge in [0.1, 0.15) is 0 Å². The predicted octanol–water partition coefficient (Wildman–Crippen LogP) is 2.24. The summed E-state index contributed by atoms with van der Waals surface area (Å²) in [6.45, 7) is 8.94. The normalized spacial score (nSPS) is 24.3. The number of hydrogen-bond donors (Lipinski definition) is 2. The average molecular weight is 262 g/mol. The summed E-state index contributed by atoms with van der Waals surface area (Å²) in [7, 11) is 0. The summed E-state index contributed by atoms with van der Waals surface area (Å²) in [4.78, 5) is 2.50. The quantitative estimate of drug-likeness (QED) is 0.877. The van der Waals surface area contributed by atoms with E-state index in [-0.39, 0.29) is 6.61 Å². The number of nitrogens with zero attached hydrogens (tertiary/aromatic N) is 1. The van der Waals surface area contributed by atoms with Crippen LogP contribution < -0.4 is 10.2 Å². The summed E-state index contributed by atoms with van der Waals surface area (Å²) >= 11 is 0. The highest BCUT2D eigenvalue weighted by atomic mass is 16.3. The van der Waals surface area contributed by atoms with Crippen molar-refractivity contribution in [3.05, 3.63) is 29.3 Å². The first kappa shape index (κ1) is 14.4. The van der Waals surface area contributed by atoms with E-state index < -0.39 is 0 Å². The van der Waals surface area contributed by atoms with Crippen molar-refractivity contribution < 1.29 is 5.11 Å². The highest BCUT2D eigenvalue weighted by Crippen LogP contribution is 2.26. The lowest BCUT2D eigenvalue weighted by atomic mass is 10.0. The van der Waals surface area contributed by atoms with Gasteiger partial charge in [-0.15, -0.1) is 0 Å². The van der Waals surface area contributed by atoms with Crippen molar-refractivity contribution in [1.82, 2.24) is 5.32 Å². The molecule has 106 valence electrons. The monoisotopic (exact) mass is 262 g/mol. The number of anilines is 1. The summed E-state index contributed by atoms with van der Waals surface area (Å²) in [5, 5.41) is 12.7. The van der Waals surface area contributed by atoms with Crippen molar-refractivity contribution in [3.63, 3.8) is 0 Å². The van der Waals surface area contributed by atoms with Crippen LogP contribution in [0.5, 0.6) is 0 Å². The molecule has 0 radical (unpaired) electrons. The Balaban J connectivity index is 2.25. The fourth-order valence-corrected chi connectivity index (χ4v) is 2.87. The molecule has 3 heteroatoms. The number of aliphatic hydroxyl groups excluding tert-OH is 1. The minimum absolute atomic E-state index is 0.257. The molecule has 2 unspecified atom stereocenters. The molecule has 1 aliphatic heterocycles. The van der Waals surface area contributed by atoms with Gasteiger partial charge in [-0.25, -0.2) is 0 Å². The van der Waals surface area contributed by atoms with Crippen LogP contribution in [-0.2, 0) is 0 Å². The summed E-state index contributed by atoms with van der Waals surface area (Å²) in [6.07, 6.45) is 1.98. The molecule has 0 saturated carbocycles. The second-order valence-corrected chi connectivity index (χ2v) is 5.67. The van der Waals surface area contributed by atoms with Crippen LogP contribution >= 0.6 is 0 Å². The Kier molecular flexibility index (Phi) is 4.83. The van der Waals surface area contributed by atoms with Crippen LogP contribution in [0.25, 0.3) is 0 Å². The number of hydrogen-bond acceptors (Lipinski definition) is 3. The molecule has 19 heavy (non-hydrogen) atoms. The fourth-order valence-electron chi connectivity index (χ4n) is 2.87. The van der Waals surface area contributed by atoms with Gasteiger partial charge >= 0.3 is 0 Å². The Labute approximate surface area is 116 Å². The zero-order valence-corrected chi connectivity index (χ0v) is 12.3. The van der Waals surface area contributed by atoms with E-state index in [0.29, 0.717) is 12.1 Å². The molecule has 1 heterocycles. The molecule has 3 nitrogen and oxygen atoms in total. The van der Waals surface area contributed by atoms with Crippen LogP contribution in [-0.4, -0.2) is 36.9 Å². The standard InChI is InChI=1S/C16H26N2O/c1-12-5-4-6-16(14(12)3)18-11-15(8-10-19)17-9-7-13(18)2/h4-6,13,15,17,19H,7-11H2,1-3H3. The zero-order valence-electron chi connectivity index (χ0n) is 12.3. The number of nitrogens with one attached hydrogen (secondary N) is 1. The van der Waals surface area contributed by atoms with Gasteiger partial charge in [-0.2, -0.15) is 0 Å². The molecule has 1 aromatic carbocycles. The zero-order chi connectivity index (χ0) is 13.8. The van der Waals surface area contributed by atoms with Gasteiger partial charge in [0.15, 0.2) is 0 Å². The molecule has 0 bridgehead atoms. The van der Waals surface area contributed by atoms with E-state index in [2.05, 4.69) is 49.2 Å². The lowest BCUT2D eigenvalue weighted by Gasteiger charge is -2.33. The minimum Gasteiger partial charge on any atom is -0.396 e. The molecule has 0 aromatic heterocycles. The van der Waals surface area contributed by atoms with Crippen molar-refractivity contribution in [2.45, 2.75) is 45.7 Å². The fraction of sp³-hybridized carbons (Fsp3) is 0.625. The first-order valence-electron chi connectivity index (χ1n) is 7.30. The Morgan fingerprint density at radius 3 is 2.89 bits per heavy atom. The molecule has 1 saturated heterocycles. The Hall–Kier alpha value is -1.06. The van der Waals surface area contributed by atoms with Gasteiger partial charge in [-0.3, -0.25) is 0 Å². The van der Waals surface area contributed by atoms with E-state index in [1.807, 2.05) is 0 Å². The van der Waals surface area contributed by atoms with Crippen LogP contribution in [0.15, 0.2) is 18.2 Å². The number of aliphatic hydroxyl groups is 1. The average Bonchev–Trinajstić information content (AvgIpc) is 2.56. The van der Waals surface area contributed by atoms with Crippen LogP contribution in [0.4, 0.5) is 5.69 Å². The molecule has 0 amide bonds. The number of rotatable bonds is 3. The van der Waals surface area contributed by atoms with Crippen molar-refractivity contribution in [2.75, 3.05) is 24.6 Å². The van der Waals surface area contributed by atoms with Crippen molar-refractivity contribution in [3.8, 4) is 0 Å². The molecule has 0 aliphatic carbocycles. The first-order chi connectivity index (χ1) is 9.13. The van der Waals surface area contributed by atoms with Crippen molar-refractivity contribution >= 4 is 5.69 Å². The first-order valence-corrected chi connectivity index (χ1v) is 7.30. The molecule has 2 rings (SSSR count). The second-order valence-electron chi connectivity index (χ2n) is 5.67. The van der Waals surface area contributed by atoms with E-state index in [9.17, 15) is 5.11 Å². The summed E-state index contributed by atoms with van der Waals surface area (Å²) in [5.74, 6) is 0. The third-order valence-corrected chi connectivity index (χ3v) is 4.31.